The Balaban J connectivity index is 2.24. The number of carbonyl (C=O) groups is 3. The third-order valence-corrected chi connectivity index (χ3v) is 4.25. The van der Waals surface area contributed by atoms with Crippen molar-refractivity contribution in [2.24, 2.45) is 5.41 Å². The molecule has 1 aromatic carbocycles. The van der Waals surface area contributed by atoms with Crippen LogP contribution in [0.15, 0.2) is 36.4 Å². The second-order valence-electron chi connectivity index (χ2n) is 5.36. The van der Waals surface area contributed by atoms with Crippen LogP contribution in [0.3, 0.4) is 0 Å². The molecule has 1 aliphatic rings. The molecule has 1 fully saturated rings. The van der Waals surface area contributed by atoms with Crippen LogP contribution < -0.4 is 0 Å². The summed E-state index contributed by atoms with van der Waals surface area (Å²) < 4.78 is 0. The molecule has 0 N–H and O–H groups in total. The summed E-state index contributed by atoms with van der Waals surface area (Å²) in [4.78, 5) is 36.2. The Morgan fingerprint density at radius 3 is 2.43 bits per heavy atom. The number of Topliss-reactive ketones (excluding diaryl/α,β-unsaturated/α-hetero) is 2. The summed E-state index contributed by atoms with van der Waals surface area (Å²) in [5.41, 5.74) is -0.627. The first-order valence-corrected chi connectivity index (χ1v) is 7.37. The lowest BCUT2D eigenvalue weighted by atomic mass is 9.70. The molecule has 0 bridgehead atoms. The fraction of sp³-hybridized carbons (Fsp3) is 0.353. The number of hydrogen-bond donors (Lipinski definition) is 0. The van der Waals surface area contributed by atoms with Gasteiger partial charge in [-0.2, -0.15) is 0 Å². The van der Waals surface area contributed by atoms with E-state index in [1.807, 2.05) is 0 Å². The highest BCUT2D eigenvalue weighted by Crippen LogP contribution is 2.35. The first kappa shape index (κ1) is 15.6. The average molecular weight is 305 g/mol. The topological polar surface area (TPSA) is 51.2 Å². The van der Waals surface area contributed by atoms with Gasteiger partial charge in [0.1, 0.15) is 17.0 Å². The zero-order valence-electron chi connectivity index (χ0n) is 11.9. The van der Waals surface area contributed by atoms with E-state index in [1.165, 1.54) is 19.1 Å². The fourth-order valence-electron chi connectivity index (χ4n) is 2.65. The molecule has 0 aromatic heterocycles. The molecule has 4 heteroatoms. The van der Waals surface area contributed by atoms with Gasteiger partial charge in [-0.25, -0.2) is 0 Å². The highest BCUT2D eigenvalue weighted by Gasteiger charge is 2.41. The summed E-state index contributed by atoms with van der Waals surface area (Å²) in [6, 6.07) is 6.51. The minimum Gasteiger partial charge on any atom is -0.299 e. The molecule has 1 aromatic rings. The van der Waals surface area contributed by atoms with Gasteiger partial charge in [-0.15, -0.1) is 0 Å². The van der Waals surface area contributed by atoms with Crippen LogP contribution in [0.1, 0.15) is 43.0 Å². The molecule has 0 saturated heterocycles. The Hall–Kier alpha value is -1.74. The van der Waals surface area contributed by atoms with Crippen LogP contribution in [-0.4, -0.2) is 17.3 Å². The van der Waals surface area contributed by atoms with Gasteiger partial charge in [0.15, 0.2) is 5.78 Å². The van der Waals surface area contributed by atoms with E-state index < -0.39 is 5.41 Å². The summed E-state index contributed by atoms with van der Waals surface area (Å²) in [7, 11) is 0. The van der Waals surface area contributed by atoms with E-state index in [0.717, 1.165) is 12.8 Å². The Kier molecular flexibility index (Phi) is 4.73. The molecule has 21 heavy (non-hydrogen) atoms. The minimum absolute atomic E-state index is 0.0820. The van der Waals surface area contributed by atoms with E-state index in [2.05, 4.69) is 0 Å². The smallest absolute Gasteiger partial charge is 0.185 e. The van der Waals surface area contributed by atoms with Crippen LogP contribution in [0.25, 0.3) is 0 Å². The number of carbonyl (C=O) groups excluding carboxylic acids is 3. The van der Waals surface area contributed by atoms with Crippen molar-refractivity contribution < 1.29 is 14.4 Å². The normalized spacial score (nSPS) is 22.5. The van der Waals surface area contributed by atoms with Crippen LogP contribution >= 0.6 is 11.6 Å². The number of ketones is 3. The third-order valence-electron chi connectivity index (χ3n) is 4.00. The number of allylic oxidation sites excluding steroid dienone is 2. The molecule has 1 saturated carbocycles. The van der Waals surface area contributed by atoms with E-state index in [9.17, 15) is 14.4 Å². The van der Waals surface area contributed by atoms with Gasteiger partial charge in [-0.05, 0) is 50.1 Å². The molecule has 1 aliphatic carbocycles. The van der Waals surface area contributed by atoms with Gasteiger partial charge >= 0.3 is 0 Å². The van der Waals surface area contributed by atoms with Crippen LogP contribution in [0.5, 0.6) is 0 Å². The molecule has 1 atom stereocenters. The summed E-state index contributed by atoms with van der Waals surface area (Å²) in [5, 5.41) is 0.554. The maximum absolute atomic E-state index is 12.2. The first-order chi connectivity index (χ1) is 9.95. The summed E-state index contributed by atoms with van der Waals surface area (Å²) in [5.74, 6) is -0.501. The largest absolute Gasteiger partial charge is 0.299 e. The molecule has 110 valence electrons. The molecule has 2 rings (SSSR count). The van der Waals surface area contributed by atoms with Gasteiger partial charge in [0.2, 0.25) is 0 Å². The van der Waals surface area contributed by atoms with Gasteiger partial charge in [0.25, 0.3) is 0 Å². The molecule has 0 spiro atoms. The average Bonchev–Trinajstić information content (AvgIpc) is 2.47. The Labute approximate surface area is 129 Å². The van der Waals surface area contributed by atoms with E-state index >= 15 is 0 Å². The van der Waals surface area contributed by atoms with Crippen LogP contribution in [0.4, 0.5) is 0 Å². The van der Waals surface area contributed by atoms with Crippen molar-refractivity contribution in [3.63, 3.8) is 0 Å². The van der Waals surface area contributed by atoms with E-state index in [-0.39, 0.29) is 17.3 Å². The van der Waals surface area contributed by atoms with Gasteiger partial charge in [-0.1, -0.05) is 24.1 Å². The molecule has 0 radical (unpaired) electrons. The quantitative estimate of drug-likeness (QED) is 0.483. The van der Waals surface area contributed by atoms with E-state index in [4.69, 9.17) is 11.6 Å². The maximum Gasteiger partial charge on any atom is 0.185 e. The van der Waals surface area contributed by atoms with Crippen molar-refractivity contribution in [1.29, 1.82) is 0 Å². The van der Waals surface area contributed by atoms with Crippen molar-refractivity contribution in [3.8, 4) is 0 Å². The predicted molar refractivity (Wildman–Crippen MR) is 81.5 cm³/mol. The van der Waals surface area contributed by atoms with Crippen molar-refractivity contribution >= 4 is 29.0 Å². The van der Waals surface area contributed by atoms with E-state index in [0.29, 0.717) is 23.4 Å². The molecular formula is C17H17ClO3. The molecule has 0 aliphatic heterocycles. The van der Waals surface area contributed by atoms with Crippen molar-refractivity contribution in [2.45, 2.75) is 32.6 Å². The molecule has 0 amide bonds. The maximum atomic E-state index is 12.2. The standard InChI is InChI=1S/C17H17ClO3/c1-12(19)17(10-3-2-4-16(17)21)11-9-15(20)13-5-7-14(18)8-6-13/h5-9,11H,2-4,10H2,1H3/b11-9-/t17-/m0/s1. The lowest BCUT2D eigenvalue weighted by Gasteiger charge is -2.30. The second-order valence-corrected chi connectivity index (χ2v) is 5.80. The molecule has 0 unspecified atom stereocenters. The zero-order valence-corrected chi connectivity index (χ0v) is 12.7. The highest BCUT2D eigenvalue weighted by molar-refractivity contribution is 6.30. The monoisotopic (exact) mass is 304 g/mol. The number of hydrogen-bond acceptors (Lipinski definition) is 3. The van der Waals surface area contributed by atoms with Gasteiger partial charge in [0.05, 0.1) is 0 Å². The SMILES string of the molecule is CC(=O)[C@@]1(/C=C\C(=O)c2ccc(Cl)cc2)CCCCC1=O. The first-order valence-electron chi connectivity index (χ1n) is 6.99. The van der Waals surface area contributed by atoms with Gasteiger partial charge in [0, 0.05) is 17.0 Å². The van der Waals surface area contributed by atoms with Crippen LogP contribution in [0.2, 0.25) is 5.02 Å². The van der Waals surface area contributed by atoms with Crippen LogP contribution in [-0.2, 0) is 9.59 Å². The number of benzene rings is 1. The lowest BCUT2D eigenvalue weighted by Crippen LogP contribution is -2.38. The van der Waals surface area contributed by atoms with Crippen molar-refractivity contribution in [2.75, 3.05) is 0 Å². The molecule has 3 nitrogen and oxygen atoms in total. The minimum atomic E-state index is -1.11. The number of halogens is 1. The summed E-state index contributed by atoms with van der Waals surface area (Å²) >= 11 is 5.78. The molecular weight excluding hydrogens is 288 g/mol. The Morgan fingerprint density at radius 2 is 1.86 bits per heavy atom. The van der Waals surface area contributed by atoms with Gasteiger partial charge < -0.3 is 0 Å². The number of rotatable bonds is 4. The third kappa shape index (κ3) is 3.30. The summed E-state index contributed by atoms with van der Waals surface area (Å²) in [6.45, 7) is 1.42. The van der Waals surface area contributed by atoms with Crippen LogP contribution in [0, 0.1) is 5.41 Å². The Morgan fingerprint density at radius 1 is 1.19 bits per heavy atom. The van der Waals surface area contributed by atoms with Gasteiger partial charge in [-0.3, -0.25) is 14.4 Å². The summed E-state index contributed by atoms with van der Waals surface area (Å²) in [6.07, 6.45) is 5.36. The van der Waals surface area contributed by atoms with Crippen molar-refractivity contribution in [1.82, 2.24) is 0 Å². The highest BCUT2D eigenvalue weighted by atomic mass is 35.5. The Bertz CT molecular complexity index is 601. The van der Waals surface area contributed by atoms with Crippen molar-refractivity contribution in [3.05, 3.63) is 47.0 Å². The lowest BCUT2D eigenvalue weighted by molar-refractivity contribution is -0.138. The second kappa shape index (κ2) is 6.35. The van der Waals surface area contributed by atoms with E-state index in [1.54, 1.807) is 24.3 Å². The zero-order chi connectivity index (χ0) is 15.5. The molecule has 0 heterocycles. The fourth-order valence-corrected chi connectivity index (χ4v) is 2.77. The predicted octanol–water partition coefficient (Wildman–Crippen LogP) is 3.80.